The predicted molar refractivity (Wildman–Crippen MR) is 97.1 cm³/mol. The molecule has 1 aliphatic carbocycles. The highest BCUT2D eigenvalue weighted by Crippen LogP contribution is 2.41. The van der Waals surface area contributed by atoms with Gasteiger partial charge in [0.2, 0.25) is 5.91 Å². The number of halogens is 1. The zero-order valence-electron chi connectivity index (χ0n) is 15.0. The molecular weight excluding hydrogens is 333 g/mol. The number of likely N-dealkylation sites (tertiary alicyclic amines) is 1. The minimum atomic E-state index is -0.470. The van der Waals surface area contributed by atoms with Crippen molar-refractivity contribution in [3.05, 3.63) is 36.3 Å². The number of hydrogen-bond acceptors (Lipinski definition) is 4. The third-order valence-corrected chi connectivity index (χ3v) is 6.20. The minimum absolute atomic E-state index is 0.0511. The summed E-state index contributed by atoms with van der Waals surface area (Å²) in [6.45, 7) is 2.42. The maximum absolute atomic E-state index is 14.2. The van der Waals surface area contributed by atoms with E-state index in [1.165, 1.54) is 6.07 Å². The molecule has 1 N–H and O–H groups in total. The van der Waals surface area contributed by atoms with Gasteiger partial charge in [0.1, 0.15) is 0 Å². The van der Waals surface area contributed by atoms with E-state index in [-0.39, 0.29) is 17.6 Å². The molecule has 2 fully saturated rings. The molecule has 0 saturated carbocycles. The van der Waals surface area contributed by atoms with E-state index in [9.17, 15) is 14.3 Å². The van der Waals surface area contributed by atoms with E-state index in [0.717, 1.165) is 32.2 Å². The van der Waals surface area contributed by atoms with Gasteiger partial charge in [-0.15, -0.1) is 0 Å². The van der Waals surface area contributed by atoms with Gasteiger partial charge in [-0.3, -0.25) is 4.79 Å². The summed E-state index contributed by atoms with van der Waals surface area (Å²) in [5.74, 6) is 0.264. The van der Waals surface area contributed by atoms with Crippen LogP contribution in [-0.4, -0.2) is 53.2 Å². The van der Waals surface area contributed by atoms with Crippen molar-refractivity contribution in [3.63, 3.8) is 0 Å². The van der Waals surface area contributed by atoms with Crippen LogP contribution in [0.5, 0.6) is 0 Å². The van der Waals surface area contributed by atoms with Crippen molar-refractivity contribution in [1.29, 1.82) is 0 Å². The quantitative estimate of drug-likeness (QED) is 0.824. The zero-order chi connectivity index (χ0) is 18.1. The molecule has 4 rings (SSSR count). The van der Waals surface area contributed by atoms with E-state index in [0.29, 0.717) is 31.9 Å². The maximum Gasteiger partial charge on any atom is 0.226 e. The average Bonchev–Trinajstić information content (AvgIpc) is 3.19. The molecule has 140 valence electrons. The van der Waals surface area contributed by atoms with E-state index in [2.05, 4.69) is 17.1 Å². The van der Waals surface area contributed by atoms with Gasteiger partial charge < -0.3 is 14.9 Å². The molecule has 2 atom stereocenters. The van der Waals surface area contributed by atoms with Gasteiger partial charge in [-0.2, -0.15) is 0 Å². The number of aliphatic hydroxyl groups excluding tert-OH is 1. The number of pyridine rings is 1. The summed E-state index contributed by atoms with van der Waals surface area (Å²) in [6, 6.07) is 3.01. The number of piperidine rings is 2. The Morgan fingerprint density at radius 3 is 2.85 bits per heavy atom. The fraction of sp³-hybridized carbons (Fsp3) is 0.600. The van der Waals surface area contributed by atoms with Crippen molar-refractivity contribution in [2.45, 2.75) is 38.2 Å². The molecule has 2 aliphatic heterocycles. The predicted octanol–water partition coefficient (Wildman–Crippen LogP) is 2.37. The molecule has 5 nitrogen and oxygen atoms in total. The fourth-order valence-electron chi connectivity index (χ4n) is 4.77. The Hall–Kier alpha value is -1.95. The van der Waals surface area contributed by atoms with Crippen LogP contribution in [0.3, 0.4) is 0 Å². The highest BCUT2D eigenvalue weighted by atomic mass is 19.1. The second-order valence-corrected chi connectivity index (χ2v) is 7.90. The van der Waals surface area contributed by atoms with Crippen LogP contribution in [0.25, 0.3) is 0 Å². The number of anilines is 1. The Bertz CT molecular complexity index is 702. The lowest BCUT2D eigenvalue weighted by Crippen LogP contribution is -2.60. The van der Waals surface area contributed by atoms with Gasteiger partial charge in [0.05, 0.1) is 6.10 Å². The van der Waals surface area contributed by atoms with Gasteiger partial charge in [-0.1, -0.05) is 12.2 Å². The second-order valence-electron chi connectivity index (χ2n) is 7.90. The standard InChI is InChI=1S/C20H26FN3O2/c21-16-7-3-10-22-18(16)23-12-8-17(25)20(13-23)9-4-11-24(14-20)19(26)15-5-1-2-6-15/h1-3,7,10,15,17,25H,4-6,8-9,11-14H2/t17-,20-/m1/s1. The van der Waals surface area contributed by atoms with Crippen LogP contribution in [0.1, 0.15) is 32.1 Å². The minimum Gasteiger partial charge on any atom is -0.392 e. The topological polar surface area (TPSA) is 56.7 Å². The van der Waals surface area contributed by atoms with Crippen molar-refractivity contribution in [3.8, 4) is 0 Å². The van der Waals surface area contributed by atoms with Gasteiger partial charge in [0.25, 0.3) is 0 Å². The first-order valence-corrected chi connectivity index (χ1v) is 9.56. The number of hydrogen-bond donors (Lipinski definition) is 1. The van der Waals surface area contributed by atoms with E-state index < -0.39 is 11.5 Å². The highest BCUT2D eigenvalue weighted by Gasteiger charge is 2.47. The number of carbonyl (C=O) groups excluding carboxylic acids is 1. The Morgan fingerprint density at radius 2 is 2.08 bits per heavy atom. The molecule has 6 heteroatoms. The van der Waals surface area contributed by atoms with E-state index in [1.54, 1.807) is 12.3 Å². The van der Waals surface area contributed by atoms with Gasteiger partial charge in [0.15, 0.2) is 11.6 Å². The number of carbonyl (C=O) groups is 1. The van der Waals surface area contributed by atoms with Gasteiger partial charge in [0, 0.05) is 43.7 Å². The normalized spacial score (nSPS) is 29.5. The SMILES string of the molecule is O=C(C1CC=CC1)N1CCC[C@]2(C1)CN(c1ncccc1F)CC[C@H]2O. The Morgan fingerprint density at radius 1 is 1.27 bits per heavy atom. The third kappa shape index (κ3) is 3.11. The molecule has 0 unspecified atom stereocenters. The lowest BCUT2D eigenvalue weighted by atomic mass is 9.71. The summed E-state index contributed by atoms with van der Waals surface area (Å²) in [7, 11) is 0. The maximum atomic E-state index is 14.2. The number of aromatic nitrogens is 1. The Labute approximate surface area is 153 Å². The fourth-order valence-corrected chi connectivity index (χ4v) is 4.77. The number of amides is 1. The van der Waals surface area contributed by atoms with Crippen molar-refractivity contribution in [2.24, 2.45) is 11.3 Å². The molecule has 26 heavy (non-hydrogen) atoms. The van der Waals surface area contributed by atoms with Crippen molar-refractivity contribution >= 4 is 11.7 Å². The Kier molecular flexibility index (Phi) is 4.69. The van der Waals surface area contributed by atoms with Crippen molar-refractivity contribution in [1.82, 2.24) is 9.88 Å². The average molecular weight is 359 g/mol. The molecule has 0 aromatic carbocycles. The van der Waals surface area contributed by atoms with Crippen molar-refractivity contribution < 1.29 is 14.3 Å². The molecule has 1 aromatic heterocycles. The smallest absolute Gasteiger partial charge is 0.226 e. The van der Waals surface area contributed by atoms with E-state index in [1.807, 2.05) is 9.80 Å². The van der Waals surface area contributed by atoms with Crippen LogP contribution in [0, 0.1) is 17.2 Å². The van der Waals surface area contributed by atoms with Crippen LogP contribution >= 0.6 is 0 Å². The summed E-state index contributed by atoms with van der Waals surface area (Å²) in [6.07, 6.45) is 9.21. The first kappa shape index (κ1) is 17.5. The summed E-state index contributed by atoms with van der Waals surface area (Å²) >= 11 is 0. The molecule has 1 spiro atoms. The van der Waals surface area contributed by atoms with Crippen LogP contribution < -0.4 is 4.90 Å². The number of aliphatic hydroxyl groups is 1. The van der Waals surface area contributed by atoms with Crippen LogP contribution in [0.4, 0.5) is 10.2 Å². The summed E-state index contributed by atoms with van der Waals surface area (Å²) in [4.78, 5) is 20.9. The zero-order valence-corrected chi connectivity index (χ0v) is 15.0. The van der Waals surface area contributed by atoms with Gasteiger partial charge in [-0.05, 0) is 44.2 Å². The largest absolute Gasteiger partial charge is 0.392 e. The molecule has 0 radical (unpaired) electrons. The first-order chi connectivity index (χ1) is 12.6. The lowest BCUT2D eigenvalue weighted by molar-refractivity contribution is -0.141. The lowest BCUT2D eigenvalue weighted by Gasteiger charge is -2.51. The molecule has 3 heterocycles. The molecule has 0 bridgehead atoms. The third-order valence-electron chi connectivity index (χ3n) is 6.20. The molecule has 1 amide bonds. The summed E-state index contributed by atoms with van der Waals surface area (Å²) < 4.78 is 14.2. The number of allylic oxidation sites excluding steroid dienone is 2. The Balaban J connectivity index is 1.53. The molecular formula is C20H26FN3O2. The number of rotatable bonds is 2. The van der Waals surface area contributed by atoms with Gasteiger partial charge in [-0.25, -0.2) is 9.37 Å². The second kappa shape index (κ2) is 6.99. The summed E-state index contributed by atoms with van der Waals surface area (Å²) in [5, 5.41) is 10.8. The van der Waals surface area contributed by atoms with Crippen LogP contribution in [0.2, 0.25) is 0 Å². The highest BCUT2D eigenvalue weighted by molar-refractivity contribution is 5.79. The van der Waals surface area contributed by atoms with Gasteiger partial charge >= 0.3 is 0 Å². The molecule has 3 aliphatic rings. The van der Waals surface area contributed by atoms with E-state index >= 15 is 0 Å². The molecule has 2 saturated heterocycles. The van der Waals surface area contributed by atoms with Crippen LogP contribution in [0.15, 0.2) is 30.5 Å². The summed E-state index contributed by atoms with van der Waals surface area (Å²) in [5.41, 5.74) is -0.401. The molecule has 1 aromatic rings. The number of nitrogens with zero attached hydrogens (tertiary/aromatic N) is 3. The first-order valence-electron chi connectivity index (χ1n) is 9.56. The van der Waals surface area contributed by atoms with E-state index in [4.69, 9.17) is 0 Å². The monoisotopic (exact) mass is 359 g/mol. The van der Waals surface area contributed by atoms with Crippen LogP contribution in [-0.2, 0) is 4.79 Å². The van der Waals surface area contributed by atoms with Crippen molar-refractivity contribution in [2.75, 3.05) is 31.1 Å².